The Morgan fingerprint density at radius 2 is 1.94 bits per heavy atom. The lowest BCUT2D eigenvalue weighted by atomic mass is 10.1. The van der Waals surface area contributed by atoms with E-state index in [1.54, 1.807) is 0 Å². The fourth-order valence-corrected chi connectivity index (χ4v) is 1.67. The normalized spacial score (nSPS) is 11.4. The van der Waals surface area contributed by atoms with Crippen LogP contribution in [0.2, 0.25) is 0 Å². The number of hydrogen-bond acceptors (Lipinski definition) is 2. The number of aryl methyl sites for hydroxylation is 1. The molecule has 0 amide bonds. The molecule has 0 saturated carbocycles. The van der Waals surface area contributed by atoms with Crippen molar-refractivity contribution in [2.45, 2.75) is 33.1 Å². The summed E-state index contributed by atoms with van der Waals surface area (Å²) in [6.45, 7) is 5.10. The summed E-state index contributed by atoms with van der Waals surface area (Å²) in [5.74, 6) is 6.23. The maximum absolute atomic E-state index is 5.53. The van der Waals surface area contributed by atoms with Gasteiger partial charge in [0, 0.05) is 19.3 Å². The van der Waals surface area contributed by atoms with Crippen LogP contribution in [0.25, 0.3) is 0 Å². The van der Waals surface area contributed by atoms with Crippen molar-refractivity contribution in [1.82, 2.24) is 5.43 Å². The summed E-state index contributed by atoms with van der Waals surface area (Å²) in [5, 5.41) is 0. The van der Waals surface area contributed by atoms with Crippen LogP contribution in [0.3, 0.4) is 0 Å². The Labute approximate surface area is 110 Å². The molecule has 3 N–H and O–H groups in total. The van der Waals surface area contributed by atoms with Crippen LogP contribution in [0, 0.1) is 0 Å². The summed E-state index contributed by atoms with van der Waals surface area (Å²) in [6, 6.07) is 8.44. The van der Waals surface area contributed by atoms with Crippen molar-refractivity contribution >= 4 is 11.6 Å². The minimum atomic E-state index is 0.702. The standard InChI is InChI=1S/C14H24N4/c1-4-6-11-16-14(17-15)18(3)13-9-7-12(5-2)8-10-13/h7-10H,4-6,11,15H2,1-3H3,(H,16,17). The van der Waals surface area contributed by atoms with Crippen LogP contribution in [0.1, 0.15) is 32.3 Å². The molecule has 0 atom stereocenters. The largest absolute Gasteiger partial charge is 0.315 e. The molecular weight excluding hydrogens is 224 g/mol. The predicted molar refractivity (Wildman–Crippen MR) is 78.8 cm³/mol. The van der Waals surface area contributed by atoms with Gasteiger partial charge >= 0.3 is 0 Å². The number of nitrogens with two attached hydrogens (primary N) is 1. The molecule has 0 aliphatic rings. The highest BCUT2D eigenvalue weighted by atomic mass is 15.4. The number of nitrogens with one attached hydrogen (secondary N) is 1. The average Bonchev–Trinajstić information content (AvgIpc) is 2.43. The molecular formula is C14H24N4. The highest BCUT2D eigenvalue weighted by Gasteiger charge is 2.06. The van der Waals surface area contributed by atoms with Gasteiger partial charge in [-0.05, 0) is 30.5 Å². The Kier molecular flexibility index (Phi) is 6.22. The summed E-state index contributed by atoms with van der Waals surface area (Å²) < 4.78 is 0. The minimum absolute atomic E-state index is 0.702. The molecule has 1 rings (SSSR count). The average molecular weight is 248 g/mol. The van der Waals surface area contributed by atoms with Gasteiger partial charge in [-0.3, -0.25) is 10.4 Å². The van der Waals surface area contributed by atoms with Gasteiger partial charge in [0.15, 0.2) is 0 Å². The van der Waals surface area contributed by atoms with Crippen molar-refractivity contribution in [2.75, 3.05) is 18.5 Å². The van der Waals surface area contributed by atoms with E-state index in [9.17, 15) is 0 Å². The second-order valence-electron chi connectivity index (χ2n) is 4.28. The molecule has 0 aromatic heterocycles. The molecule has 0 aliphatic heterocycles. The summed E-state index contributed by atoms with van der Waals surface area (Å²) in [4.78, 5) is 6.42. The number of hydrazine groups is 1. The number of guanidine groups is 1. The number of nitrogens with zero attached hydrogens (tertiary/aromatic N) is 2. The molecule has 4 nitrogen and oxygen atoms in total. The third kappa shape index (κ3) is 4.04. The maximum atomic E-state index is 5.53. The third-order valence-electron chi connectivity index (χ3n) is 2.95. The number of anilines is 1. The first kappa shape index (κ1) is 14.5. The first-order valence-electron chi connectivity index (χ1n) is 6.56. The van der Waals surface area contributed by atoms with Crippen LogP contribution >= 0.6 is 0 Å². The lowest BCUT2D eigenvalue weighted by Gasteiger charge is -2.21. The zero-order valence-corrected chi connectivity index (χ0v) is 11.6. The smallest absolute Gasteiger partial charge is 0.212 e. The van der Waals surface area contributed by atoms with Gasteiger partial charge in [0.1, 0.15) is 0 Å². The van der Waals surface area contributed by atoms with Gasteiger partial charge < -0.3 is 4.90 Å². The Morgan fingerprint density at radius 1 is 1.28 bits per heavy atom. The molecule has 0 spiro atoms. The summed E-state index contributed by atoms with van der Waals surface area (Å²) in [5.41, 5.74) is 5.08. The summed E-state index contributed by atoms with van der Waals surface area (Å²) in [6.07, 6.45) is 3.26. The van der Waals surface area contributed by atoms with Crippen LogP contribution in [-0.2, 0) is 6.42 Å². The lowest BCUT2D eigenvalue weighted by Crippen LogP contribution is -2.43. The van der Waals surface area contributed by atoms with Gasteiger partial charge in [-0.15, -0.1) is 0 Å². The molecule has 0 bridgehead atoms. The van der Waals surface area contributed by atoms with Crippen LogP contribution in [-0.4, -0.2) is 19.6 Å². The van der Waals surface area contributed by atoms with Crippen molar-refractivity contribution in [2.24, 2.45) is 10.8 Å². The molecule has 100 valence electrons. The SMILES string of the molecule is CCCCN=C(NN)N(C)c1ccc(CC)cc1. The number of aliphatic imine (C=N–C) groups is 1. The van der Waals surface area contributed by atoms with Crippen LogP contribution in [0.4, 0.5) is 5.69 Å². The molecule has 0 heterocycles. The van der Waals surface area contributed by atoms with Crippen molar-refractivity contribution in [3.8, 4) is 0 Å². The van der Waals surface area contributed by atoms with Crippen LogP contribution in [0.5, 0.6) is 0 Å². The van der Waals surface area contributed by atoms with Gasteiger partial charge in [-0.2, -0.15) is 0 Å². The zero-order chi connectivity index (χ0) is 13.4. The van der Waals surface area contributed by atoms with E-state index in [-0.39, 0.29) is 0 Å². The van der Waals surface area contributed by atoms with E-state index in [0.29, 0.717) is 5.96 Å². The minimum Gasteiger partial charge on any atom is -0.315 e. The van der Waals surface area contributed by atoms with E-state index < -0.39 is 0 Å². The van der Waals surface area contributed by atoms with Crippen molar-refractivity contribution in [3.63, 3.8) is 0 Å². The number of benzene rings is 1. The predicted octanol–water partition coefficient (Wildman–Crippen LogP) is 2.30. The number of unbranched alkanes of at least 4 members (excludes halogenated alkanes) is 1. The fourth-order valence-electron chi connectivity index (χ4n) is 1.67. The third-order valence-corrected chi connectivity index (χ3v) is 2.95. The van der Waals surface area contributed by atoms with Gasteiger partial charge in [0.25, 0.3) is 0 Å². The van der Waals surface area contributed by atoms with E-state index in [4.69, 9.17) is 5.84 Å². The van der Waals surface area contributed by atoms with Crippen molar-refractivity contribution in [3.05, 3.63) is 29.8 Å². The van der Waals surface area contributed by atoms with E-state index in [0.717, 1.165) is 31.5 Å². The maximum Gasteiger partial charge on any atom is 0.212 e. The molecule has 18 heavy (non-hydrogen) atoms. The monoisotopic (exact) mass is 248 g/mol. The molecule has 0 aliphatic carbocycles. The number of rotatable bonds is 5. The molecule has 0 unspecified atom stereocenters. The first-order chi connectivity index (χ1) is 8.72. The zero-order valence-electron chi connectivity index (χ0n) is 11.6. The van der Waals surface area contributed by atoms with Gasteiger partial charge in [-0.25, -0.2) is 5.84 Å². The molecule has 0 radical (unpaired) electrons. The van der Waals surface area contributed by atoms with E-state index >= 15 is 0 Å². The highest BCUT2D eigenvalue weighted by molar-refractivity contribution is 5.95. The first-order valence-corrected chi connectivity index (χ1v) is 6.56. The highest BCUT2D eigenvalue weighted by Crippen LogP contribution is 2.14. The van der Waals surface area contributed by atoms with Crippen LogP contribution in [0.15, 0.2) is 29.3 Å². The molecule has 4 heteroatoms. The Bertz CT molecular complexity index is 370. The Morgan fingerprint density at radius 3 is 2.44 bits per heavy atom. The second-order valence-corrected chi connectivity index (χ2v) is 4.28. The van der Waals surface area contributed by atoms with Crippen molar-refractivity contribution in [1.29, 1.82) is 0 Å². The van der Waals surface area contributed by atoms with Crippen molar-refractivity contribution < 1.29 is 0 Å². The van der Waals surface area contributed by atoms with E-state index in [1.807, 2.05) is 11.9 Å². The van der Waals surface area contributed by atoms with E-state index in [1.165, 1.54) is 5.56 Å². The molecule has 0 fully saturated rings. The summed E-state index contributed by atoms with van der Waals surface area (Å²) >= 11 is 0. The molecule has 1 aromatic carbocycles. The van der Waals surface area contributed by atoms with Gasteiger partial charge in [0.2, 0.25) is 5.96 Å². The number of hydrogen-bond donors (Lipinski definition) is 2. The second kappa shape index (κ2) is 7.71. The Hall–Kier alpha value is -1.55. The van der Waals surface area contributed by atoms with E-state index in [2.05, 4.69) is 48.5 Å². The molecule has 0 saturated heterocycles. The topological polar surface area (TPSA) is 53.6 Å². The Balaban J connectivity index is 2.75. The van der Waals surface area contributed by atoms with Gasteiger partial charge in [-0.1, -0.05) is 32.4 Å². The molecule has 1 aromatic rings. The lowest BCUT2D eigenvalue weighted by molar-refractivity contribution is 0.797. The van der Waals surface area contributed by atoms with Gasteiger partial charge in [0.05, 0.1) is 0 Å². The fraction of sp³-hybridized carbons (Fsp3) is 0.500. The quantitative estimate of drug-likeness (QED) is 0.276. The summed E-state index contributed by atoms with van der Waals surface area (Å²) in [7, 11) is 1.96. The van der Waals surface area contributed by atoms with Crippen LogP contribution < -0.4 is 16.2 Å².